The van der Waals surface area contributed by atoms with Gasteiger partial charge in [-0.25, -0.2) is 9.97 Å². The average Bonchev–Trinajstić information content (AvgIpc) is 2.60. The number of hydrogen-bond acceptors (Lipinski definition) is 5. The number of benzene rings is 1. The molecule has 0 aliphatic rings. The lowest BCUT2D eigenvalue weighted by Crippen LogP contribution is -2.28. The van der Waals surface area contributed by atoms with E-state index in [0.29, 0.717) is 34.5 Å². The molecule has 0 saturated heterocycles. The van der Waals surface area contributed by atoms with Crippen molar-refractivity contribution in [1.29, 1.82) is 0 Å². The maximum Gasteiger partial charge on any atom is 0.273 e. The summed E-state index contributed by atoms with van der Waals surface area (Å²) in [7, 11) is 3.34. The number of nitrogens with zero attached hydrogens (tertiary/aromatic N) is 3. The lowest BCUT2D eigenvalue weighted by molar-refractivity contribution is 0.0787. The standard InChI is InChI=1S/C17H21ClN4O2/c1-4-5-8-22(2)17(23)14-10-20-16(11-19-14)21-13-9-12(18)6-7-15(13)24-3/h6-7,9-11H,4-5,8H2,1-3H3,(H,20,21). The minimum Gasteiger partial charge on any atom is -0.495 e. The van der Waals surface area contributed by atoms with Crippen molar-refractivity contribution in [1.82, 2.24) is 14.9 Å². The van der Waals surface area contributed by atoms with Gasteiger partial charge >= 0.3 is 0 Å². The Kier molecular flexibility index (Phi) is 6.37. The molecule has 1 N–H and O–H groups in total. The number of ether oxygens (including phenoxy) is 1. The molecule has 0 bridgehead atoms. The highest BCUT2D eigenvalue weighted by molar-refractivity contribution is 6.31. The number of rotatable bonds is 7. The minimum absolute atomic E-state index is 0.136. The molecule has 7 heteroatoms. The lowest BCUT2D eigenvalue weighted by Gasteiger charge is -2.16. The number of anilines is 2. The second kappa shape index (κ2) is 8.49. The van der Waals surface area contributed by atoms with Crippen LogP contribution in [0.2, 0.25) is 5.02 Å². The van der Waals surface area contributed by atoms with Gasteiger partial charge in [0.25, 0.3) is 5.91 Å². The minimum atomic E-state index is -0.136. The van der Waals surface area contributed by atoms with E-state index in [0.717, 1.165) is 12.8 Å². The van der Waals surface area contributed by atoms with Crippen LogP contribution in [0.15, 0.2) is 30.6 Å². The molecule has 0 spiro atoms. The number of aromatic nitrogens is 2. The fourth-order valence-electron chi connectivity index (χ4n) is 2.11. The van der Waals surface area contributed by atoms with E-state index in [1.807, 2.05) is 0 Å². The predicted molar refractivity (Wildman–Crippen MR) is 95.2 cm³/mol. The number of nitrogens with one attached hydrogen (secondary N) is 1. The van der Waals surface area contributed by atoms with Gasteiger partial charge in [0.05, 0.1) is 25.2 Å². The topological polar surface area (TPSA) is 67.4 Å². The molecule has 0 unspecified atom stereocenters. The largest absolute Gasteiger partial charge is 0.495 e. The molecule has 6 nitrogen and oxygen atoms in total. The molecule has 0 aliphatic carbocycles. The van der Waals surface area contributed by atoms with Gasteiger partial charge in [-0.15, -0.1) is 0 Å². The van der Waals surface area contributed by atoms with E-state index in [1.54, 1.807) is 37.3 Å². The van der Waals surface area contributed by atoms with Crippen LogP contribution in [0.3, 0.4) is 0 Å². The van der Waals surface area contributed by atoms with E-state index in [9.17, 15) is 4.79 Å². The average molecular weight is 349 g/mol. The van der Waals surface area contributed by atoms with Crippen molar-refractivity contribution in [3.8, 4) is 5.75 Å². The Morgan fingerprint density at radius 2 is 2.12 bits per heavy atom. The third-order valence-corrected chi connectivity index (χ3v) is 3.72. The van der Waals surface area contributed by atoms with E-state index in [4.69, 9.17) is 16.3 Å². The smallest absolute Gasteiger partial charge is 0.273 e. The summed E-state index contributed by atoms with van der Waals surface area (Å²) in [5.74, 6) is 1.01. The number of halogens is 1. The third kappa shape index (κ3) is 4.58. The summed E-state index contributed by atoms with van der Waals surface area (Å²) in [6.07, 6.45) is 4.98. The molecule has 128 valence electrons. The van der Waals surface area contributed by atoms with Crippen molar-refractivity contribution >= 4 is 29.0 Å². The van der Waals surface area contributed by atoms with Crippen LogP contribution in [-0.2, 0) is 0 Å². The molecular formula is C17H21ClN4O2. The van der Waals surface area contributed by atoms with Crippen LogP contribution in [0.25, 0.3) is 0 Å². The second-order valence-corrected chi connectivity index (χ2v) is 5.77. The van der Waals surface area contributed by atoms with Crippen molar-refractivity contribution in [2.75, 3.05) is 26.0 Å². The van der Waals surface area contributed by atoms with Crippen LogP contribution >= 0.6 is 11.6 Å². The summed E-state index contributed by atoms with van der Waals surface area (Å²) >= 11 is 6.00. The van der Waals surface area contributed by atoms with Crippen LogP contribution < -0.4 is 10.1 Å². The van der Waals surface area contributed by atoms with Gasteiger partial charge in [-0.1, -0.05) is 24.9 Å². The first kappa shape index (κ1) is 18.0. The number of carbonyl (C=O) groups excluding carboxylic acids is 1. The van der Waals surface area contributed by atoms with Crippen LogP contribution in [0, 0.1) is 0 Å². The molecule has 0 fully saturated rings. The van der Waals surface area contributed by atoms with Crippen LogP contribution in [0.5, 0.6) is 5.75 Å². The van der Waals surface area contributed by atoms with Gasteiger partial charge in [-0.3, -0.25) is 4.79 Å². The summed E-state index contributed by atoms with van der Waals surface area (Å²) in [5, 5.41) is 3.67. The summed E-state index contributed by atoms with van der Waals surface area (Å²) in [6.45, 7) is 2.79. The molecule has 1 heterocycles. The predicted octanol–water partition coefficient (Wildman–Crippen LogP) is 3.75. The first-order chi connectivity index (χ1) is 11.5. The Morgan fingerprint density at radius 1 is 1.33 bits per heavy atom. The van der Waals surface area contributed by atoms with Gasteiger partial charge in [0, 0.05) is 18.6 Å². The Hall–Kier alpha value is -2.34. The SMILES string of the molecule is CCCCN(C)C(=O)c1cnc(Nc2cc(Cl)ccc2OC)cn1. The molecule has 1 amide bonds. The number of methoxy groups -OCH3 is 1. The molecule has 0 saturated carbocycles. The summed E-state index contributed by atoms with van der Waals surface area (Å²) in [6, 6.07) is 5.24. The fraction of sp³-hybridized carbons (Fsp3) is 0.353. The molecule has 0 radical (unpaired) electrons. The highest BCUT2D eigenvalue weighted by atomic mass is 35.5. The molecule has 0 aliphatic heterocycles. The number of amides is 1. The lowest BCUT2D eigenvalue weighted by atomic mass is 10.3. The Balaban J connectivity index is 2.10. The molecule has 2 aromatic rings. The zero-order valence-corrected chi connectivity index (χ0v) is 14.8. The number of carbonyl (C=O) groups is 1. The van der Waals surface area contributed by atoms with Crippen LogP contribution in [0.1, 0.15) is 30.3 Å². The molecule has 1 aromatic carbocycles. The van der Waals surface area contributed by atoms with Gasteiger partial charge in [-0.05, 0) is 24.6 Å². The van der Waals surface area contributed by atoms with Crippen LogP contribution in [-0.4, -0.2) is 41.5 Å². The van der Waals surface area contributed by atoms with Gasteiger partial charge < -0.3 is 15.0 Å². The molecule has 2 rings (SSSR count). The van der Waals surface area contributed by atoms with Crippen molar-refractivity contribution in [3.63, 3.8) is 0 Å². The molecular weight excluding hydrogens is 328 g/mol. The fourth-order valence-corrected chi connectivity index (χ4v) is 2.28. The number of hydrogen-bond donors (Lipinski definition) is 1. The number of unbranched alkanes of at least 4 members (excludes halogenated alkanes) is 1. The van der Waals surface area contributed by atoms with E-state index in [-0.39, 0.29) is 5.91 Å². The zero-order chi connectivity index (χ0) is 17.5. The van der Waals surface area contributed by atoms with Crippen molar-refractivity contribution in [3.05, 3.63) is 41.3 Å². The van der Waals surface area contributed by atoms with Crippen molar-refractivity contribution in [2.24, 2.45) is 0 Å². The summed E-state index contributed by atoms with van der Waals surface area (Å²) in [5.41, 5.74) is 0.996. The molecule has 1 aromatic heterocycles. The van der Waals surface area contributed by atoms with E-state index in [1.165, 1.54) is 12.4 Å². The van der Waals surface area contributed by atoms with Gasteiger partial charge in [0.2, 0.25) is 0 Å². The van der Waals surface area contributed by atoms with E-state index < -0.39 is 0 Å². The van der Waals surface area contributed by atoms with E-state index >= 15 is 0 Å². The summed E-state index contributed by atoms with van der Waals surface area (Å²) in [4.78, 5) is 22.3. The third-order valence-electron chi connectivity index (χ3n) is 3.49. The van der Waals surface area contributed by atoms with Crippen molar-refractivity contribution in [2.45, 2.75) is 19.8 Å². The van der Waals surface area contributed by atoms with Crippen molar-refractivity contribution < 1.29 is 9.53 Å². The van der Waals surface area contributed by atoms with E-state index in [2.05, 4.69) is 22.2 Å². The Labute approximate surface area is 146 Å². The Morgan fingerprint density at radius 3 is 2.75 bits per heavy atom. The first-order valence-corrected chi connectivity index (χ1v) is 8.11. The quantitative estimate of drug-likeness (QED) is 0.825. The maximum absolute atomic E-state index is 12.2. The molecule has 0 atom stereocenters. The normalized spacial score (nSPS) is 10.3. The second-order valence-electron chi connectivity index (χ2n) is 5.34. The zero-order valence-electron chi connectivity index (χ0n) is 14.0. The maximum atomic E-state index is 12.2. The highest BCUT2D eigenvalue weighted by Crippen LogP contribution is 2.29. The monoisotopic (exact) mass is 348 g/mol. The summed E-state index contributed by atoms with van der Waals surface area (Å²) < 4.78 is 5.27. The van der Waals surface area contributed by atoms with Gasteiger partial charge in [0.15, 0.2) is 0 Å². The molecule has 24 heavy (non-hydrogen) atoms. The first-order valence-electron chi connectivity index (χ1n) is 7.73. The highest BCUT2D eigenvalue weighted by Gasteiger charge is 2.13. The van der Waals surface area contributed by atoms with Crippen LogP contribution in [0.4, 0.5) is 11.5 Å². The van der Waals surface area contributed by atoms with Gasteiger partial charge in [-0.2, -0.15) is 0 Å². The Bertz CT molecular complexity index is 691. The van der Waals surface area contributed by atoms with Gasteiger partial charge in [0.1, 0.15) is 17.3 Å².